The van der Waals surface area contributed by atoms with Gasteiger partial charge in [0, 0.05) is 25.5 Å². The van der Waals surface area contributed by atoms with Gasteiger partial charge in [-0.1, -0.05) is 13.3 Å². The molecule has 0 aliphatic heterocycles. The maximum Gasteiger partial charge on any atom is 0.239 e. The van der Waals surface area contributed by atoms with Crippen molar-refractivity contribution in [3.8, 4) is 0 Å². The molecule has 0 saturated carbocycles. The van der Waals surface area contributed by atoms with E-state index in [2.05, 4.69) is 10.3 Å². The maximum absolute atomic E-state index is 11.8. The lowest BCUT2D eigenvalue weighted by molar-refractivity contribution is -0.126. The van der Waals surface area contributed by atoms with Gasteiger partial charge in [-0.05, 0) is 20.3 Å². The third kappa shape index (κ3) is 6.27. The average Bonchev–Trinajstić information content (AvgIpc) is 2.64. The summed E-state index contributed by atoms with van der Waals surface area (Å²) in [5.41, 5.74) is 5.16. The molecule has 3 N–H and O–H groups in total. The van der Waals surface area contributed by atoms with E-state index in [1.165, 1.54) is 0 Å². The first kappa shape index (κ1) is 20.5. The van der Waals surface area contributed by atoms with Gasteiger partial charge in [0.25, 0.3) is 0 Å². The second-order valence-corrected chi connectivity index (χ2v) is 4.59. The smallest absolute Gasteiger partial charge is 0.239 e. The van der Waals surface area contributed by atoms with Gasteiger partial charge in [0.05, 0.1) is 5.54 Å². The van der Waals surface area contributed by atoms with Crippen molar-refractivity contribution < 1.29 is 4.79 Å². The van der Waals surface area contributed by atoms with Gasteiger partial charge in [-0.15, -0.1) is 24.8 Å². The fraction of sp³-hybridized carbons (Fsp3) is 0.667. The molecule has 0 fully saturated rings. The van der Waals surface area contributed by atoms with Crippen LogP contribution >= 0.6 is 24.8 Å². The van der Waals surface area contributed by atoms with Crippen LogP contribution in [0.1, 0.15) is 32.5 Å². The fourth-order valence-electron chi connectivity index (χ4n) is 1.76. The van der Waals surface area contributed by atoms with Crippen LogP contribution in [-0.2, 0) is 11.3 Å². The Morgan fingerprint density at radius 2 is 2.16 bits per heavy atom. The quantitative estimate of drug-likeness (QED) is 0.839. The third-order valence-corrected chi connectivity index (χ3v) is 2.85. The van der Waals surface area contributed by atoms with Crippen molar-refractivity contribution in [1.29, 1.82) is 0 Å². The second-order valence-electron chi connectivity index (χ2n) is 4.59. The topological polar surface area (TPSA) is 72.9 Å². The van der Waals surface area contributed by atoms with E-state index in [9.17, 15) is 4.79 Å². The highest BCUT2D eigenvalue weighted by molar-refractivity contribution is 5.86. The summed E-state index contributed by atoms with van der Waals surface area (Å²) in [6.07, 6.45) is 5.25. The first-order chi connectivity index (χ1) is 7.97. The molecule has 1 rings (SSSR count). The molecule has 112 valence electrons. The summed E-state index contributed by atoms with van der Waals surface area (Å²) in [6.45, 7) is 7.03. The van der Waals surface area contributed by atoms with Gasteiger partial charge in [-0.2, -0.15) is 0 Å². The monoisotopic (exact) mass is 310 g/mol. The molecule has 7 heteroatoms. The minimum atomic E-state index is -0.765. The summed E-state index contributed by atoms with van der Waals surface area (Å²) in [5.74, 6) is 0.862. The van der Waals surface area contributed by atoms with E-state index in [4.69, 9.17) is 5.73 Å². The number of hydrogen-bond acceptors (Lipinski definition) is 3. The number of aryl methyl sites for hydroxylation is 1. The van der Waals surface area contributed by atoms with Gasteiger partial charge in [-0.25, -0.2) is 4.98 Å². The first-order valence-corrected chi connectivity index (χ1v) is 6.02. The van der Waals surface area contributed by atoms with Crippen LogP contribution in [0.5, 0.6) is 0 Å². The number of carbonyl (C=O) groups is 1. The Morgan fingerprint density at radius 1 is 1.53 bits per heavy atom. The molecule has 5 nitrogen and oxygen atoms in total. The number of amides is 1. The van der Waals surface area contributed by atoms with E-state index >= 15 is 0 Å². The molecule has 0 radical (unpaired) electrons. The van der Waals surface area contributed by atoms with Crippen LogP contribution in [0.25, 0.3) is 0 Å². The molecule has 0 aliphatic carbocycles. The minimum Gasteiger partial charge on any atom is -0.353 e. The molecule has 19 heavy (non-hydrogen) atoms. The highest BCUT2D eigenvalue weighted by atomic mass is 35.5. The highest BCUT2D eigenvalue weighted by Crippen LogP contribution is 2.08. The molecule has 1 unspecified atom stereocenters. The molecule has 1 aromatic rings. The number of rotatable bonds is 6. The van der Waals surface area contributed by atoms with E-state index in [-0.39, 0.29) is 30.7 Å². The van der Waals surface area contributed by atoms with Crippen molar-refractivity contribution in [2.75, 3.05) is 6.54 Å². The number of imidazole rings is 1. The summed E-state index contributed by atoms with van der Waals surface area (Å²) >= 11 is 0. The van der Waals surface area contributed by atoms with E-state index in [0.29, 0.717) is 13.0 Å². The average molecular weight is 311 g/mol. The van der Waals surface area contributed by atoms with Crippen LogP contribution in [-0.4, -0.2) is 27.5 Å². The second kappa shape index (κ2) is 9.18. The molecule has 0 saturated heterocycles. The van der Waals surface area contributed by atoms with E-state index in [1.807, 2.05) is 24.6 Å². The molecule has 0 bridgehead atoms. The lowest BCUT2D eigenvalue weighted by Gasteiger charge is -2.22. The summed E-state index contributed by atoms with van der Waals surface area (Å²) < 4.78 is 1.99. The number of nitrogens with two attached hydrogens (primary N) is 1. The van der Waals surface area contributed by atoms with Gasteiger partial charge >= 0.3 is 0 Å². The van der Waals surface area contributed by atoms with Crippen LogP contribution < -0.4 is 11.1 Å². The van der Waals surface area contributed by atoms with Crippen LogP contribution in [0.15, 0.2) is 12.4 Å². The van der Waals surface area contributed by atoms with Crippen molar-refractivity contribution in [2.45, 2.75) is 45.7 Å². The Hall–Kier alpha value is -0.780. The summed E-state index contributed by atoms with van der Waals surface area (Å²) in [5, 5.41) is 2.86. The number of hydrogen-bond donors (Lipinski definition) is 2. The Morgan fingerprint density at radius 3 is 2.63 bits per heavy atom. The van der Waals surface area contributed by atoms with E-state index in [1.54, 1.807) is 13.1 Å². The zero-order chi connectivity index (χ0) is 12.9. The highest BCUT2D eigenvalue weighted by Gasteiger charge is 2.26. The van der Waals surface area contributed by atoms with Crippen LogP contribution in [0.3, 0.4) is 0 Å². The molecule has 1 atom stereocenters. The normalized spacial score (nSPS) is 12.8. The Balaban J connectivity index is 0. The van der Waals surface area contributed by atoms with Crippen molar-refractivity contribution in [1.82, 2.24) is 14.9 Å². The van der Waals surface area contributed by atoms with Crippen molar-refractivity contribution in [3.05, 3.63) is 18.2 Å². The van der Waals surface area contributed by atoms with Gasteiger partial charge in [0.15, 0.2) is 0 Å². The minimum absolute atomic E-state index is 0. The first-order valence-electron chi connectivity index (χ1n) is 6.02. The predicted octanol–water partition coefficient (Wildman–Crippen LogP) is 1.67. The number of halogens is 2. The van der Waals surface area contributed by atoms with Crippen LogP contribution in [0.2, 0.25) is 0 Å². The van der Waals surface area contributed by atoms with E-state index < -0.39 is 5.54 Å². The molecule has 0 aromatic carbocycles. The van der Waals surface area contributed by atoms with Gasteiger partial charge in [-0.3, -0.25) is 4.79 Å². The molecule has 1 aromatic heterocycles. The number of carbonyl (C=O) groups excluding carboxylic acids is 1. The van der Waals surface area contributed by atoms with Crippen LogP contribution in [0, 0.1) is 6.92 Å². The van der Waals surface area contributed by atoms with Gasteiger partial charge in [0.1, 0.15) is 5.82 Å². The summed E-state index contributed by atoms with van der Waals surface area (Å²) in [6, 6.07) is 0. The number of nitrogens with one attached hydrogen (secondary N) is 1. The molecule has 0 spiro atoms. The van der Waals surface area contributed by atoms with Crippen LogP contribution in [0.4, 0.5) is 0 Å². The molecular formula is C12H24Cl2N4O. The van der Waals surface area contributed by atoms with Crippen molar-refractivity contribution >= 4 is 30.7 Å². The molecule has 0 aliphatic rings. The molecular weight excluding hydrogens is 287 g/mol. The molecule has 1 amide bonds. The Labute approximate surface area is 127 Å². The number of nitrogens with zero attached hydrogens (tertiary/aromatic N) is 2. The number of aromatic nitrogens is 2. The SMILES string of the molecule is CCCC(C)(N)C(=O)NCCn1ccnc1C.Cl.Cl. The lowest BCUT2D eigenvalue weighted by Crippen LogP contribution is -2.52. The predicted molar refractivity (Wildman–Crippen MR) is 82.0 cm³/mol. The van der Waals surface area contributed by atoms with Gasteiger partial charge < -0.3 is 15.6 Å². The largest absolute Gasteiger partial charge is 0.353 e. The Kier molecular flexibility index (Phi) is 9.92. The molecule has 1 heterocycles. The van der Waals surface area contributed by atoms with Crippen molar-refractivity contribution in [3.63, 3.8) is 0 Å². The Bertz CT molecular complexity index is 380. The zero-order valence-electron chi connectivity index (χ0n) is 11.7. The lowest BCUT2D eigenvalue weighted by atomic mass is 9.97. The van der Waals surface area contributed by atoms with E-state index in [0.717, 1.165) is 18.8 Å². The van der Waals surface area contributed by atoms with Crippen molar-refractivity contribution in [2.24, 2.45) is 5.73 Å². The summed E-state index contributed by atoms with van der Waals surface area (Å²) in [4.78, 5) is 15.9. The summed E-state index contributed by atoms with van der Waals surface area (Å²) in [7, 11) is 0. The van der Waals surface area contributed by atoms with Gasteiger partial charge in [0.2, 0.25) is 5.91 Å². The third-order valence-electron chi connectivity index (χ3n) is 2.85. The standard InChI is InChI=1S/C12H22N4O.2ClH/c1-4-5-12(3,13)11(17)15-7-9-16-8-6-14-10(16)2;;/h6,8H,4-5,7,9,13H2,1-3H3,(H,15,17);2*1H. The zero-order valence-corrected chi connectivity index (χ0v) is 13.3. The fourth-order valence-corrected chi connectivity index (χ4v) is 1.76. The maximum atomic E-state index is 11.8.